The summed E-state index contributed by atoms with van der Waals surface area (Å²) in [6.45, 7) is 2.09. The minimum atomic E-state index is -1.08. The Bertz CT molecular complexity index is 214. The lowest BCUT2D eigenvalue weighted by molar-refractivity contribution is -0.420. The largest absolute Gasteiger partial charge is 0.772 e. The summed E-state index contributed by atoms with van der Waals surface area (Å²) in [5.74, 6) is 0. The number of rotatable bonds is 1. The third-order valence-corrected chi connectivity index (χ3v) is 1.37. The first-order valence-electron chi connectivity index (χ1n) is 3.55. The van der Waals surface area contributed by atoms with Gasteiger partial charge in [-0.15, -0.1) is 0 Å². The number of quaternary nitrogens is 1. The zero-order chi connectivity index (χ0) is 9.40. The van der Waals surface area contributed by atoms with Gasteiger partial charge in [0, 0.05) is 5.56 Å². The molecule has 0 heterocycles. The molecule has 0 aliphatic carbocycles. The Morgan fingerprint density at radius 2 is 1.83 bits per heavy atom. The van der Waals surface area contributed by atoms with Crippen molar-refractivity contribution in [3.05, 3.63) is 35.9 Å². The highest BCUT2D eigenvalue weighted by Crippen LogP contribution is 2.04. The molecular weight excluding hydrogens is 173 g/mol. The molecule has 12 heavy (non-hydrogen) atoms. The second-order valence-corrected chi connectivity index (χ2v) is 2.54. The van der Waals surface area contributed by atoms with Crippen LogP contribution in [0.1, 0.15) is 18.5 Å². The Kier molecular flexibility index (Phi) is 6.48. The highest BCUT2D eigenvalue weighted by molar-refractivity contribution is 7.14. The van der Waals surface area contributed by atoms with Gasteiger partial charge in [0.25, 0.3) is 0 Å². The predicted octanol–water partition coefficient (Wildman–Crippen LogP) is 0.543. The Morgan fingerprint density at radius 3 is 2.08 bits per heavy atom. The number of hydrogen-bond donors (Lipinski definition) is 1. The van der Waals surface area contributed by atoms with Crippen LogP contribution in [0.2, 0.25) is 0 Å². The van der Waals surface area contributed by atoms with Crippen LogP contribution in [0.15, 0.2) is 30.3 Å². The van der Waals surface area contributed by atoms with E-state index in [0.29, 0.717) is 6.04 Å². The van der Waals surface area contributed by atoms with E-state index in [-0.39, 0.29) is 0 Å². The van der Waals surface area contributed by atoms with Gasteiger partial charge in [-0.3, -0.25) is 4.57 Å². The molecule has 1 unspecified atom stereocenters. The van der Waals surface area contributed by atoms with E-state index in [0.717, 1.165) is 0 Å². The van der Waals surface area contributed by atoms with E-state index >= 15 is 0 Å². The number of hydrogen-bond acceptors (Lipinski definition) is 2. The predicted molar refractivity (Wildman–Crippen MR) is 45.4 cm³/mol. The highest BCUT2D eigenvalue weighted by Gasteiger charge is 1.97. The molecule has 3 N–H and O–H groups in total. The van der Waals surface area contributed by atoms with Gasteiger partial charge in [0.1, 0.15) is 6.04 Å². The van der Waals surface area contributed by atoms with Crippen LogP contribution in [0, 0.1) is 0 Å². The van der Waals surface area contributed by atoms with Gasteiger partial charge in [-0.1, -0.05) is 30.3 Å². The molecule has 0 aliphatic heterocycles. The van der Waals surface area contributed by atoms with Gasteiger partial charge < -0.3 is 10.6 Å². The van der Waals surface area contributed by atoms with E-state index in [2.05, 4.69) is 24.8 Å². The minimum absolute atomic E-state index is 0.409. The van der Waals surface area contributed by atoms with Crippen molar-refractivity contribution in [2.24, 2.45) is 0 Å². The SMILES string of the molecule is CC([NH3+])c1ccccc1.O=P[O-]. The Hall–Kier alpha value is -0.760. The average molecular weight is 185 g/mol. The summed E-state index contributed by atoms with van der Waals surface area (Å²) in [5.41, 5.74) is 5.21. The molecule has 1 rings (SSSR count). The molecular formula is C8H12NO2P. The smallest absolute Gasteiger partial charge is 0.107 e. The summed E-state index contributed by atoms with van der Waals surface area (Å²) >= 11 is 0. The van der Waals surface area contributed by atoms with E-state index in [4.69, 9.17) is 9.46 Å². The summed E-state index contributed by atoms with van der Waals surface area (Å²) in [7, 11) is -1.08. The molecule has 1 aromatic rings. The van der Waals surface area contributed by atoms with Gasteiger partial charge in [-0.25, -0.2) is 0 Å². The van der Waals surface area contributed by atoms with Gasteiger partial charge >= 0.3 is 0 Å². The van der Waals surface area contributed by atoms with E-state index in [1.165, 1.54) is 5.56 Å². The lowest BCUT2D eigenvalue weighted by atomic mass is 10.1. The minimum Gasteiger partial charge on any atom is -0.772 e. The van der Waals surface area contributed by atoms with Crippen molar-refractivity contribution in [2.45, 2.75) is 13.0 Å². The zero-order valence-corrected chi connectivity index (χ0v) is 7.83. The monoisotopic (exact) mass is 185 g/mol. The molecule has 0 aliphatic rings. The van der Waals surface area contributed by atoms with E-state index in [9.17, 15) is 0 Å². The molecule has 0 saturated heterocycles. The fourth-order valence-electron chi connectivity index (χ4n) is 0.782. The van der Waals surface area contributed by atoms with Gasteiger partial charge in [-0.05, 0) is 6.92 Å². The summed E-state index contributed by atoms with van der Waals surface area (Å²) < 4.78 is 8.35. The topological polar surface area (TPSA) is 67.8 Å². The van der Waals surface area contributed by atoms with Crippen LogP contribution >= 0.6 is 8.69 Å². The van der Waals surface area contributed by atoms with Crippen LogP contribution in [0.5, 0.6) is 0 Å². The Morgan fingerprint density at radius 1 is 1.42 bits per heavy atom. The van der Waals surface area contributed by atoms with Crippen LogP contribution < -0.4 is 10.6 Å². The van der Waals surface area contributed by atoms with Crippen LogP contribution in [-0.2, 0) is 4.57 Å². The van der Waals surface area contributed by atoms with Gasteiger partial charge in [0.15, 0.2) is 0 Å². The molecule has 0 aromatic heterocycles. The van der Waals surface area contributed by atoms with Gasteiger partial charge in [0.2, 0.25) is 0 Å². The maximum Gasteiger partial charge on any atom is 0.107 e. The molecule has 0 spiro atoms. The van der Waals surface area contributed by atoms with Crippen molar-refractivity contribution in [2.75, 3.05) is 0 Å². The molecule has 0 radical (unpaired) electrons. The van der Waals surface area contributed by atoms with Crippen molar-refractivity contribution < 1.29 is 15.2 Å². The van der Waals surface area contributed by atoms with Crippen molar-refractivity contribution in [3.63, 3.8) is 0 Å². The maximum atomic E-state index is 8.35. The van der Waals surface area contributed by atoms with E-state index < -0.39 is 8.69 Å². The lowest BCUT2D eigenvalue weighted by Crippen LogP contribution is -2.51. The average Bonchev–Trinajstić information content (AvgIpc) is 2.07. The molecule has 0 amide bonds. The molecule has 0 bridgehead atoms. The Balaban J connectivity index is 0.000000354. The van der Waals surface area contributed by atoms with Crippen LogP contribution in [0.3, 0.4) is 0 Å². The third kappa shape index (κ3) is 4.97. The fourth-order valence-corrected chi connectivity index (χ4v) is 0.782. The van der Waals surface area contributed by atoms with Crippen LogP contribution in [-0.4, -0.2) is 0 Å². The summed E-state index contributed by atoms with van der Waals surface area (Å²) in [6.07, 6.45) is 0. The molecule has 1 aromatic carbocycles. The molecule has 1 atom stereocenters. The van der Waals surface area contributed by atoms with Crippen molar-refractivity contribution in [3.8, 4) is 0 Å². The second-order valence-electron chi connectivity index (χ2n) is 2.39. The lowest BCUT2D eigenvalue weighted by Gasteiger charge is -1.98. The Labute approximate surface area is 73.5 Å². The zero-order valence-electron chi connectivity index (χ0n) is 6.93. The second kappa shape index (κ2) is 6.92. The molecule has 0 saturated carbocycles. The third-order valence-electron chi connectivity index (χ3n) is 1.37. The van der Waals surface area contributed by atoms with Crippen molar-refractivity contribution >= 4 is 8.69 Å². The fraction of sp³-hybridized carbons (Fsp3) is 0.250. The van der Waals surface area contributed by atoms with Crippen LogP contribution in [0.25, 0.3) is 0 Å². The standard InChI is InChI=1S/C8H11N.HO2P/c1-7(9)8-5-3-2-4-6-8;1-3-2/h2-7H,9H2,1H3;(H,1,2). The summed E-state index contributed by atoms with van der Waals surface area (Å²) in [6, 6.07) is 10.7. The normalized spacial score (nSPS) is 11.6. The quantitative estimate of drug-likeness (QED) is 0.649. The summed E-state index contributed by atoms with van der Waals surface area (Å²) in [5, 5.41) is 0. The maximum absolute atomic E-state index is 8.35. The van der Waals surface area contributed by atoms with Crippen molar-refractivity contribution in [1.82, 2.24) is 0 Å². The van der Waals surface area contributed by atoms with Gasteiger partial charge in [-0.2, -0.15) is 0 Å². The molecule has 3 nitrogen and oxygen atoms in total. The molecule has 66 valence electrons. The first kappa shape index (κ1) is 11.2. The van der Waals surface area contributed by atoms with E-state index in [1.807, 2.05) is 18.2 Å². The van der Waals surface area contributed by atoms with Gasteiger partial charge in [0.05, 0.1) is 8.69 Å². The number of benzene rings is 1. The summed E-state index contributed by atoms with van der Waals surface area (Å²) in [4.78, 5) is 8.35. The van der Waals surface area contributed by atoms with E-state index in [1.54, 1.807) is 0 Å². The van der Waals surface area contributed by atoms with Crippen LogP contribution in [0.4, 0.5) is 0 Å². The first-order chi connectivity index (χ1) is 5.72. The first-order valence-corrected chi connectivity index (χ1v) is 4.28. The molecule has 0 fully saturated rings. The van der Waals surface area contributed by atoms with Crippen molar-refractivity contribution in [1.29, 1.82) is 0 Å². The molecule has 4 heteroatoms. The highest BCUT2D eigenvalue weighted by atomic mass is 31.1.